The van der Waals surface area contributed by atoms with E-state index in [2.05, 4.69) is 51.9 Å². The molecule has 0 N–H and O–H groups in total. The second kappa shape index (κ2) is 7.92. The van der Waals surface area contributed by atoms with Gasteiger partial charge in [-0.15, -0.1) is 0 Å². The Labute approximate surface area is 159 Å². The van der Waals surface area contributed by atoms with E-state index in [0.29, 0.717) is 6.61 Å². The summed E-state index contributed by atoms with van der Waals surface area (Å²) in [5.74, 6) is 1.03. The van der Waals surface area contributed by atoms with E-state index < -0.39 is 0 Å². The molecule has 5 nitrogen and oxygen atoms in total. The molecule has 2 aromatic carbocycles. The fourth-order valence-electron chi connectivity index (χ4n) is 3.83. The monoisotopic (exact) mass is 363 g/mol. The lowest BCUT2D eigenvalue weighted by atomic mass is 9.97. The van der Waals surface area contributed by atoms with Gasteiger partial charge in [-0.2, -0.15) is 0 Å². The van der Waals surface area contributed by atoms with Crippen LogP contribution in [-0.2, 0) is 16.1 Å². The summed E-state index contributed by atoms with van der Waals surface area (Å²) in [5.41, 5.74) is 3.26. The van der Waals surface area contributed by atoms with Gasteiger partial charge in [-0.25, -0.2) is 4.98 Å². The number of ether oxygens (including phenoxy) is 1. The summed E-state index contributed by atoms with van der Waals surface area (Å²) in [4.78, 5) is 19.2. The quantitative estimate of drug-likeness (QED) is 0.647. The lowest BCUT2D eigenvalue weighted by Gasteiger charge is -2.30. The molecule has 1 fully saturated rings. The second-order valence-electron chi connectivity index (χ2n) is 6.99. The number of nitrogens with zero attached hydrogens (tertiary/aromatic N) is 3. The molecule has 0 aliphatic carbocycles. The van der Waals surface area contributed by atoms with Crippen LogP contribution in [0, 0.1) is 5.92 Å². The van der Waals surface area contributed by atoms with E-state index in [-0.39, 0.29) is 11.9 Å². The number of hydrogen-bond donors (Lipinski definition) is 0. The molecule has 1 saturated heterocycles. The summed E-state index contributed by atoms with van der Waals surface area (Å²) in [6, 6.07) is 18.6. The maximum Gasteiger partial charge on any atom is 0.309 e. The standard InChI is InChI=1S/C22H25N3O2/c1-2-27-22(26)17-12-14-24(15-13-17)16-21-23-19-10-6-7-11-20(19)25(21)18-8-4-3-5-9-18/h3-11,17H,2,12-16H2,1H3. The van der Waals surface area contributed by atoms with Gasteiger partial charge in [0.25, 0.3) is 0 Å². The fourth-order valence-corrected chi connectivity index (χ4v) is 3.83. The number of benzene rings is 2. The van der Waals surface area contributed by atoms with Crippen LogP contribution in [0.5, 0.6) is 0 Å². The van der Waals surface area contributed by atoms with Crippen molar-refractivity contribution < 1.29 is 9.53 Å². The Bertz CT molecular complexity index is 912. The predicted molar refractivity (Wildman–Crippen MR) is 106 cm³/mol. The van der Waals surface area contributed by atoms with E-state index in [1.165, 1.54) is 0 Å². The highest BCUT2D eigenvalue weighted by Gasteiger charge is 2.27. The third kappa shape index (κ3) is 3.74. The molecule has 0 unspecified atom stereocenters. The number of likely N-dealkylation sites (tertiary alicyclic amines) is 1. The predicted octanol–water partition coefficient (Wildman–Crippen LogP) is 3.80. The second-order valence-corrected chi connectivity index (χ2v) is 6.99. The molecule has 1 aliphatic heterocycles. The van der Waals surface area contributed by atoms with Crippen molar-refractivity contribution >= 4 is 17.0 Å². The Balaban J connectivity index is 1.56. The van der Waals surface area contributed by atoms with Gasteiger partial charge in [-0.1, -0.05) is 30.3 Å². The Morgan fingerprint density at radius 3 is 2.52 bits per heavy atom. The molecule has 2 heterocycles. The van der Waals surface area contributed by atoms with Crippen molar-refractivity contribution in [2.24, 2.45) is 5.92 Å². The highest BCUT2D eigenvalue weighted by Crippen LogP contribution is 2.25. The Kier molecular flexibility index (Phi) is 5.21. The van der Waals surface area contributed by atoms with Crippen LogP contribution in [0.25, 0.3) is 16.7 Å². The van der Waals surface area contributed by atoms with E-state index in [9.17, 15) is 4.79 Å². The molecule has 1 aromatic heterocycles. The molecule has 0 radical (unpaired) electrons. The number of carbonyl (C=O) groups excluding carboxylic acids is 1. The lowest BCUT2D eigenvalue weighted by molar-refractivity contribution is -0.149. The van der Waals surface area contributed by atoms with Crippen molar-refractivity contribution in [3.8, 4) is 5.69 Å². The Morgan fingerprint density at radius 1 is 1.07 bits per heavy atom. The number of para-hydroxylation sites is 3. The molecule has 1 aliphatic rings. The molecule has 0 amide bonds. The molecule has 0 spiro atoms. The molecule has 3 aromatic rings. The molecule has 140 valence electrons. The first kappa shape index (κ1) is 17.7. The fraction of sp³-hybridized carbons (Fsp3) is 0.364. The van der Waals surface area contributed by atoms with Crippen LogP contribution in [-0.4, -0.2) is 40.1 Å². The Morgan fingerprint density at radius 2 is 1.78 bits per heavy atom. The highest BCUT2D eigenvalue weighted by atomic mass is 16.5. The largest absolute Gasteiger partial charge is 0.466 e. The third-order valence-corrected chi connectivity index (χ3v) is 5.22. The zero-order chi connectivity index (χ0) is 18.6. The van der Waals surface area contributed by atoms with Crippen LogP contribution in [0.4, 0.5) is 0 Å². The molecule has 4 rings (SSSR count). The number of hydrogen-bond acceptors (Lipinski definition) is 4. The van der Waals surface area contributed by atoms with Gasteiger partial charge < -0.3 is 4.74 Å². The molecule has 27 heavy (non-hydrogen) atoms. The lowest BCUT2D eigenvalue weighted by Crippen LogP contribution is -2.37. The zero-order valence-corrected chi connectivity index (χ0v) is 15.7. The molecule has 0 atom stereocenters. The van der Waals surface area contributed by atoms with Gasteiger partial charge in [0.2, 0.25) is 0 Å². The summed E-state index contributed by atoms with van der Waals surface area (Å²) in [6.07, 6.45) is 1.70. The SMILES string of the molecule is CCOC(=O)C1CCN(Cc2nc3ccccc3n2-c2ccccc2)CC1. The maximum absolute atomic E-state index is 12.0. The van der Waals surface area contributed by atoms with E-state index in [1.807, 2.05) is 19.1 Å². The van der Waals surface area contributed by atoms with Gasteiger partial charge in [0.05, 0.1) is 30.1 Å². The number of fused-ring (bicyclic) bond motifs is 1. The van der Waals surface area contributed by atoms with Gasteiger partial charge in [0, 0.05) is 5.69 Å². The number of esters is 1. The van der Waals surface area contributed by atoms with Crippen molar-refractivity contribution in [2.45, 2.75) is 26.3 Å². The first-order valence-electron chi connectivity index (χ1n) is 9.67. The molecule has 5 heteroatoms. The molecule has 0 saturated carbocycles. The summed E-state index contributed by atoms with van der Waals surface area (Å²) < 4.78 is 7.42. The highest BCUT2D eigenvalue weighted by molar-refractivity contribution is 5.78. The third-order valence-electron chi connectivity index (χ3n) is 5.22. The van der Waals surface area contributed by atoms with Crippen molar-refractivity contribution in [3.63, 3.8) is 0 Å². The van der Waals surface area contributed by atoms with E-state index in [4.69, 9.17) is 9.72 Å². The van der Waals surface area contributed by atoms with Crippen LogP contribution in [0.3, 0.4) is 0 Å². The number of rotatable bonds is 5. The van der Waals surface area contributed by atoms with Crippen LogP contribution < -0.4 is 0 Å². The maximum atomic E-state index is 12.0. The van der Waals surface area contributed by atoms with Crippen molar-refractivity contribution in [2.75, 3.05) is 19.7 Å². The van der Waals surface area contributed by atoms with Gasteiger partial charge in [0.15, 0.2) is 0 Å². The van der Waals surface area contributed by atoms with Gasteiger partial charge in [0.1, 0.15) is 5.82 Å². The summed E-state index contributed by atoms with van der Waals surface area (Å²) in [7, 11) is 0. The summed E-state index contributed by atoms with van der Waals surface area (Å²) in [5, 5.41) is 0. The van der Waals surface area contributed by atoms with Crippen LogP contribution in [0.2, 0.25) is 0 Å². The first-order valence-corrected chi connectivity index (χ1v) is 9.67. The minimum Gasteiger partial charge on any atom is -0.466 e. The van der Waals surface area contributed by atoms with Crippen LogP contribution in [0.1, 0.15) is 25.6 Å². The van der Waals surface area contributed by atoms with Crippen molar-refractivity contribution in [1.82, 2.24) is 14.5 Å². The number of carbonyl (C=O) groups is 1. The minimum absolute atomic E-state index is 0.0362. The average Bonchev–Trinajstić information content (AvgIpc) is 3.07. The molecule has 0 bridgehead atoms. The smallest absolute Gasteiger partial charge is 0.309 e. The minimum atomic E-state index is -0.0475. The van der Waals surface area contributed by atoms with Crippen molar-refractivity contribution in [1.29, 1.82) is 0 Å². The molecular formula is C22H25N3O2. The van der Waals surface area contributed by atoms with E-state index >= 15 is 0 Å². The normalized spacial score (nSPS) is 15.9. The first-order chi connectivity index (χ1) is 13.3. The topological polar surface area (TPSA) is 47.4 Å². The van der Waals surface area contributed by atoms with Crippen LogP contribution in [0.15, 0.2) is 54.6 Å². The number of imidazole rings is 1. The molecular weight excluding hydrogens is 338 g/mol. The zero-order valence-electron chi connectivity index (χ0n) is 15.7. The van der Waals surface area contributed by atoms with Gasteiger partial charge >= 0.3 is 5.97 Å². The summed E-state index contributed by atoms with van der Waals surface area (Å²) in [6.45, 7) is 4.88. The Hall–Kier alpha value is -2.66. The van der Waals surface area contributed by atoms with Gasteiger partial charge in [-0.3, -0.25) is 14.3 Å². The van der Waals surface area contributed by atoms with E-state index in [0.717, 1.165) is 55.0 Å². The van der Waals surface area contributed by atoms with Crippen LogP contribution >= 0.6 is 0 Å². The van der Waals surface area contributed by atoms with Crippen molar-refractivity contribution in [3.05, 3.63) is 60.4 Å². The number of aromatic nitrogens is 2. The van der Waals surface area contributed by atoms with Gasteiger partial charge in [-0.05, 0) is 57.1 Å². The number of piperidine rings is 1. The average molecular weight is 363 g/mol. The van der Waals surface area contributed by atoms with E-state index in [1.54, 1.807) is 0 Å². The summed E-state index contributed by atoms with van der Waals surface area (Å²) >= 11 is 0.